The number of allylic oxidation sites excluding steroid dienone is 2. The fourth-order valence-corrected chi connectivity index (χ4v) is 13.3. The Morgan fingerprint density at radius 2 is 1.44 bits per heavy atom. The molecule has 54 heavy (non-hydrogen) atoms. The Labute approximate surface area is 318 Å². The molecule has 18 atom stereocenters. The Balaban J connectivity index is 1.14. The summed E-state index contributed by atoms with van der Waals surface area (Å²) in [6.45, 7) is 14.8. The highest BCUT2D eigenvalue weighted by atomic mass is 16.8. The van der Waals surface area contributed by atoms with Gasteiger partial charge in [0, 0.05) is 0 Å². The molecule has 0 bridgehead atoms. The maximum Gasteiger partial charge on any atom is 0.310 e. The lowest BCUT2D eigenvalue weighted by molar-refractivity contribution is -0.364. The van der Waals surface area contributed by atoms with Gasteiger partial charge in [-0.3, -0.25) is 9.59 Å². The third kappa shape index (κ3) is 5.72. The molecule has 0 aromatic heterocycles. The van der Waals surface area contributed by atoms with E-state index in [4.69, 9.17) is 18.9 Å². The summed E-state index contributed by atoms with van der Waals surface area (Å²) >= 11 is 0. The molecule has 7 rings (SSSR count). The van der Waals surface area contributed by atoms with Crippen LogP contribution in [-0.4, -0.2) is 116 Å². The summed E-state index contributed by atoms with van der Waals surface area (Å²) in [7, 11) is 0. The molecule has 4 saturated carbocycles. The minimum absolute atomic E-state index is 0.0862. The van der Waals surface area contributed by atoms with Crippen LogP contribution < -0.4 is 0 Å². The number of hydrogen-bond donors (Lipinski definition) is 7. The first kappa shape index (κ1) is 40.5. The number of carboxylic acids is 2. The lowest BCUT2D eigenvalue weighted by Gasteiger charge is -2.71. The molecule has 5 aliphatic carbocycles. The van der Waals surface area contributed by atoms with Crippen molar-refractivity contribution in [3.8, 4) is 0 Å². The van der Waals surface area contributed by atoms with E-state index in [-0.39, 0.29) is 46.2 Å². The van der Waals surface area contributed by atoms with Crippen molar-refractivity contribution in [3.05, 3.63) is 11.6 Å². The van der Waals surface area contributed by atoms with E-state index in [0.717, 1.165) is 32.1 Å². The van der Waals surface area contributed by atoms with Gasteiger partial charge in [-0.15, -0.1) is 0 Å². The van der Waals surface area contributed by atoms with E-state index in [2.05, 4.69) is 40.7 Å². The van der Waals surface area contributed by atoms with Crippen LogP contribution in [-0.2, 0) is 28.5 Å². The van der Waals surface area contributed by atoms with Crippen LogP contribution in [0.15, 0.2) is 11.6 Å². The summed E-state index contributed by atoms with van der Waals surface area (Å²) in [4.78, 5) is 25.6. The van der Waals surface area contributed by atoms with E-state index in [0.29, 0.717) is 38.0 Å². The average Bonchev–Trinajstić information content (AvgIpc) is 3.10. The molecule has 0 radical (unpaired) electrons. The van der Waals surface area contributed by atoms with Crippen molar-refractivity contribution >= 4 is 11.9 Å². The first-order chi connectivity index (χ1) is 25.1. The number of fused-ring (bicyclic) bond motifs is 7. The summed E-state index contributed by atoms with van der Waals surface area (Å²) in [6.07, 6.45) is -3.17. The molecule has 0 aromatic carbocycles. The monoisotopic (exact) mass is 764 g/mol. The summed E-state index contributed by atoms with van der Waals surface area (Å²) in [5.74, 6) is -1.41. The smallest absolute Gasteiger partial charge is 0.310 e. The van der Waals surface area contributed by atoms with Gasteiger partial charge in [-0.05, 0) is 117 Å². The number of rotatable bonds is 6. The van der Waals surface area contributed by atoms with E-state index in [1.54, 1.807) is 6.92 Å². The van der Waals surface area contributed by atoms with Gasteiger partial charge in [-0.25, -0.2) is 0 Å². The molecule has 7 aliphatic rings. The molecule has 0 spiro atoms. The number of aliphatic hydroxyl groups excluding tert-OH is 5. The van der Waals surface area contributed by atoms with Gasteiger partial charge in [-0.1, -0.05) is 46.3 Å². The van der Waals surface area contributed by atoms with Gasteiger partial charge in [0.15, 0.2) is 12.6 Å². The fraction of sp³-hybridized carbons (Fsp3) is 0.902. The number of carbonyl (C=O) groups is 2. The minimum Gasteiger partial charge on any atom is -0.481 e. The van der Waals surface area contributed by atoms with Crippen LogP contribution in [0.5, 0.6) is 0 Å². The lowest BCUT2D eigenvalue weighted by Crippen LogP contribution is -2.66. The van der Waals surface area contributed by atoms with Crippen LogP contribution in [0, 0.1) is 50.2 Å². The average molecular weight is 765 g/mol. The van der Waals surface area contributed by atoms with Crippen LogP contribution in [0.1, 0.15) is 113 Å². The van der Waals surface area contributed by atoms with E-state index in [1.165, 1.54) is 12.5 Å². The van der Waals surface area contributed by atoms with Gasteiger partial charge in [0.25, 0.3) is 0 Å². The summed E-state index contributed by atoms with van der Waals surface area (Å²) in [5.41, 5.74) is -1.57. The molecule has 2 heterocycles. The molecule has 6 fully saturated rings. The summed E-state index contributed by atoms with van der Waals surface area (Å²) in [5, 5.41) is 73.8. The molecular formula is C41H64O13. The fourth-order valence-electron chi connectivity index (χ4n) is 13.3. The van der Waals surface area contributed by atoms with Crippen LogP contribution >= 0.6 is 0 Å². The maximum absolute atomic E-state index is 13.1. The first-order valence-corrected chi connectivity index (χ1v) is 20.2. The zero-order valence-corrected chi connectivity index (χ0v) is 32.9. The van der Waals surface area contributed by atoms with Gasteiger partial charge >= 0.3 is 11.9 Å². The standard InChI is InChI=1S/C41H64O13/c1-20-27(43)29(45)30(46)32(52-20)54-31-28(44)23(42)19-51-33(31)53-26-11-12-38(5)24(36(26,2)3)10-13-40(7)25(38)9-8-21-22-18-37(4,34(47)48)14-16-41(22,35(49)50)17-15-39(21,40)6/h8,20,22-33,42-46H,9-19H2,1-7H3,(H,47,48)(H,49,50)/t20-,22-,23-,24-,25+,26-,27-,28-,29+,30+,31+,32-,33-,37+,38-,39+,40+,41-/m0/s1. The Bertz CT molecular complexity index is 1520. The second kappa shape index (κ2) is 13.4. The number of hydrogen-bond acceptors (Lipinski definition) is 11. The molecule has 13 heteroatoms. The minimum atomic E-state index is -1.61. The third-order valence-corrected chi connectivity index (χ3v) is 17.1. The van der Waals surface area contributed by atoms with Crippen LogP contribution in [0.4, 0.5) is 0 Å². The van der Waals surface area contributed by atoms with Crippen molar-refractivity contribution in [1.82, 2.24) is 0 Å². The van der Waals surface area contributed by atoms with E-state index in [1.807, 2.05) is 0 Å². The van der Waals surface area contributed by atoms with E-state index in [9.17, 15) is 45.3 Å². The highest BCUT2D eigenvalue weighted by molar-refractivity contribution is 5.79. The lowest BCUT2D eigenvalue weighted by atomic mass is 9.33. The molecule has 0 aromatic rings. The zero-order chi connectivity index (χ0) is 39.6. The summed E-state index contributed by atoms with van der Waals surface area (Å²) < 4.78 is 24.4. The SMILES string of the molecule is C[C@@H]1O[C@@H](O[C@H]2[C@H](O[C@H]3CC[C@]4(C)[C@H]5CC=C6[C@@H]7C[C@](C)(C(=O)O)CC[C@]7(C(=O)O)CC[C@@]6(C)[C@]5(C)CC[C@H]4C3(C)C)OC[C@H](O)[C@@H]2O)[C@H](O)[C@H](O)[C@H]1O. The molecule has 306 valence electrons. The van der Waals surface area contributed by atoms with Gasteiger partial charge in [0.1, 0.15) is 36.6 Å². The van der Waals surface area contributed by atoms with E-state index < -0.39 is 78.1 Å². The quantitative estimate of drug-likeness (QED) is 0.152. The number of aliphatic carboxylic acids is 2. The van der Waals surface area contributed by atoms with Gasteiger partial charge < -0.3 is 54.7 Å². The molecule has 2 aliphatic heterocycles. The Kier molecular flexibility index (Phi) is 10.1. The maximum atomic E-state index is 13.1. The third-order valence-electron chi connectivity index (χ3n) is 17.1. The van der Waals surface area contributed by atoms with Crippen molar-refractivity contribution in [3.63, 3.8) is 0 Å². The van der Waals surface area contributed by atoms with Gasteiger partial charge in [-0.2, -0.15) is 0 Å². The molecule has 13 nitrogen and oxygen atoms in total. The van der Waals surface area contributed by atoms with Crippen molar-refractivity contribution in [1.29, 1.82) is 0 Å². The Hall–Kier alpha value is -1.68. The molecule has 0 amide bonds. The van der Waals surface area contributed by atoms with Crippen LogP contribution in [0.2, 0.25) is 0 Å². The topological polar surface area (TPSA) is 213 Å². The van der Waals surface area contributed by atoms with Crippen molar-refractivity contribution in [2.75, 3.05) is 6.61 Å². The van der Waals surface area contributed by atoms with Crippen molar-refractivity contribution in [2.24, 2.45) is 50.2 Å². The zero-order valence-electron chi connectivity index (χ0n) is 32.9. The molecule has 7 N–H and O–H groups in total. The number of ether oxygens (including phenoxy) is 4. The van der Waals surface area contributed by atoms with Gasteiger partial charge in [0.05, 0.1) is 29.6 Å². The Morgan fingerprint density at radius 3 is 2.11 bits per heavy atom. The summed E-state index contributed by atoms with van der Waals surface area (Å²) in [6, 6.07) is 0. The van der Waals surface area contributed by atoms with Gasteiger partial charge in [0.2, 0.25) is 0 Å². The molecule has 0 unspecified atom stereocenters. The van der Waals surface area contributed by atoms with Crippen molar-refractivity contribution < 1.29 is 64.3 Å². The largest absolute Gasteiger partial charge is 0.481 e. The first-order valence-electron chi connectivity index (χ1n) is 20.2. The second-order valence-corrected chi connectivity index (χ2v) is 19.9. The molecular weight excluding hydrogens is 700 g/mol. The second-order valence-electron chi connectivity index (χ2n) is 19.9. The van der Waals surface area contributed by atoms with E-state index >= 15 is 0 Å². The van der Waals surface area contributed by atoms with Crippen LogP contribution in [0.3, 0.4) is 0 Å². The Morgan fingerprint density at radius 1 is 0.759 bits per heavy atom. The molecule has 2 saturated heterocycles. The van der Waals surface area contributed by atoms with Crippen LogP contribution in [0.25, 0.3) is 0 Å². The highest BCUT2D eigenvalue weighted by Crippen LogP contribution is 2.76. The van der Waals surface area contributed by atoms with Crippen molar-refractivity contribution in [2.45, 2.75) is 174 Å². The predicted molar refractivity (Wildman–Crippen MR) is 192 cm³/mol. The number of aliphatic hydroxyl groups is 5. The highest BCUT2D eigenvalue weighted by Gasteiger charge is 2.70. The predicted octanol–water partition coefficient (Wildman–Crippen LogP) is 3.61. The normalized spacial score (nSPS) is 54.2. The number of carboxylic acid groups (broad SMARTS) is 2.